The Morgan fingerprint density at radius 3 is 2.26 bits per heavy atom. The van der Waals surface area contributed by atoms with Crippen LogP contribution in [0.25, 0.3) is 6.08 Å². The molecule has 0 radical (unpaired) electrons. The Hall–Kier alpha value is -1.90. The molecule has 3 heteroatoms. The highest BCUT2D eigenvalue weighted by molar-refractivity contribution is 5.91. The second kappa shape index (κ2) is 6.88. The summed E-state index contributed by atoms with van der Waals surface area (Å²) in [5, 5.41) is 0. The lowest BCUT2D eigenvalue weighted by Gasteiger charge is -2.09. The topological polar surface area (TPSA) is 43.4 Å². The minimum Gasteiger partial charge on any atom is -0.469 e. The van der Waals surface area contributed by atoms with Crippen LogP contribution < -0.4 is 0 Å². The van der Waals surface area contributed by atoms with Crippen molar-refractivity contribution in [1.29, 1.82) is 0 Å². The molecule has 0 aromatic heterocycles. The number of carbonyl (C=O) groups is 2. The lowest BCUT2D eigenvalue weighted by atomic mass is 9.96. The molecule has 0 unspecified atom stereocenters. The van der Waals surface area contributed by atoms with Gasteiger partial charge in [0.15, 0.2) is 5.78 Å². The molecule has 0 amide bonds. The third-order valence-corrected chi connectivity index (χ3v) is 2.98. The Balaban J connectivity index is 2.90. The van der Waals surface area contributed by atoms with Crippen molar-refractivity contribution in [1.82, 2.24) is 0 Å². The molecule has 1 rings (SSSR count). The first-order valence-corrected chi connectivity index (χ1v) is 6.29. The molecule has 0 aliphatic heterocycles. The molecule has 0 atom stereocenters. The lowest BCUT2D eigenvalue weighted by molar-refractivity contribution is -0.140. The van der Waals surface area contributed by atoms with Crippen molar-refractivity contribution in [2.75, 3.05) is 7.11 Å². The van der Waals surface area contributed by atoms with Gasteiger partial charge in [-0.25, -0.2) is 0 Å². The predicted octanol–water partition coefficient (Wildman–Crippen LogP) is 3.01. The standard InChI is InChI=1S/C16H20O3/c1-11-9-14(6-8-16(18)19-4)10-12(2)15(11)7-5-13(3)17/h5,7,9-10H,6,8H2,1-4H3. The van der Waals surface area contributed by atoms with Crippen LogP contribution in [0.15, 0.2) is 18.2 Å². The van der Waals surface area contributed by atoms with Crippen LogP contribution in [0.1, 0.15) is 35.6 Å². The second-order valence-corrected chi connectivity index (χ2v) is 4.66. The fourth-order valence-electron chi connectivity index (χ4n) is 2.02. The number of esters is 1. The minimum atomic E-state index is -0.198. The summed E-state index contributed by atoms with van der Waals surface area (Å²) >= 11 is 0. The molecule has 0 heterocycles. The van der Waals surface area contributed by atoms with Crippen molar-refractivity contribution in [3.63, 3.8) is 0 Å². The predicted molar refractivity (Wildman–Crippen MR) is 76.0 cm³/mol. The first kappa shape index (κ1) is 15.2. The van der Waals surface area contributed by atoms with Gasteiger partial charge in [0.05, 0.1) is 7.11 Å². The van der Waals surface area contributed by atoms with Crippen LogP contribution in [0.5, 0.6) is 0 Å². The van der Waals surface area contributed by atoms with Gasteiger partial charge in [0.25, 0.3) is 0 Å². The van der Waals surface area contributed by atoms with Gasteiger partial charge in [-0.15, -0.1) is 0 Å². The fourth-order valence-corrected chi connectivity index (χ4v) is 2.02. The van der Waals surface area contributed by atoms with Gasteiger partial charge >= 0.3 is 5.97 Å². The third kappa shape index (κ3) is 4.70. The number of ketones is 1. The molecule has 0 fully saturated rings. The summed E-state index contributed by atoms with van der Waals surface area (Å²) in [6.45, 7) is 5.55. The molecular formula is C16H20O3. The smallest absolute Gasteiger partial charge is 0.305 e. The van der Waals surface area contributed by atoms with Crippen molar-refractivity contribution in [2.24, 2.45) is 0 Å². The quantitative estimate of drug-likeness (QED) is 0.603. The first-order valence-electron chi connectivity index (χ1n) is 6.29. The zero-order chi connectivity index (χ0) is 14.4. The van der Waals surface area contributed by atoms with Gasteiger partial charge in [-0.2, -0.15) is 0 Å². The molecule has 19 heavy (non-hydrogen) atoms. The number of carbonyl (C=O) groups excluding carboxylic acids is 2. The molecule has 0 spiro atoms. The maximum Gasteiger partial charge on any atom is 0.305 e. The zero-order valence-corrected chi connectivity index (χ0v) is 11.9. The number of hydrogen-bond donors (Lipinski definition) is 0. The van der Waals surface area contributed by atoms with Crippen molar-refractivity contribution >= 4 is 17.8 Å². The van der Waals surface area contributed by atoms with E-state index >= 15 is 0 Å². The summed E-state index contributed by atoms with van der Waals surface area (Å²) in [5.74, 6) is -0.163. The summed E-state index contributed by atoms with van der Waals surface area (Å²) in [6, 6.07) is 4.10. The van der Waals surface area contributed by atoms with E-state index in [1.807, 2.05) is 19.9 Å². The fraction of sp³-hybridized carbons (Fsp3) is 0.375. The first-order chi connectivity index (χ1) is 8.93. The van der Waals surface area contributed by atoms with E-state index in [2.05, 4.69) is 16.9 Å². The van der Waals surface area contributed by atoms with Gasteiger partial charge in [0.2, 0.25) is 0 Å². The van der Waals surface area contributed by atoms with Crippen molar-refractivity contribution in [3.8, 4) is 0 Å². The SMILES string of the molecule is COC(=O)CCc1cc(C)c(C=CC(C)=O)c(C)c1. The van der Waals surface area contributed by atoms with Crippen LogP contribution in [0.2, 0.25) is 0 Å². The maximum absolute atomic E-state index is 11.1. The zero-order valence-electron chi connectivity index (χ0n) is 11.9. The molecule has 0 aliphatic carbocycles. The number of allylic oxidation sites excluding steroid dienone is 1. The van der Waals surface area contributed by atoms with Gasteiger partial charge < -0.3 is 4.74 Å². The molecule has 0 saturated heterocycles. The monoisotopic (exact) mass is 260 g/mol. The van der Waals surface area contributed by atoms with Crippen LogP contribution in [0.3, 0.4) is 0 Å². The Bertz CT molecular complexity index is 490. The minimum absolute atomic E-state index is 0.0357. The lowest BCUT2D eigenvalue weighted by Crippen LogP contribution is -2.02. The molecule has 0 aliphatic rings. The molecule has 1 aromatic carbocycles. The van der Waals surface area contributed by atoms with Gasteiger partial charge in [0, 0.05) is 6.42 Å². The number of rotatable bonds is 5. The summed E-state index contributed by atoms with van der Waals surface area (Å²) in [4.78, 5) is 22.1. The van der Waals surface area contributed by atoms with Crippen LogP contribution in [0.4, 0.5) is 0 Å². The van der Waals surface area contributed by atoms with Gasteiger partial charge in [-0.05, 0) is 55.5 Å². The van der Waals surface area contributed by atoms with Crippen molar-refractivity contribution in [3.05, 3.63) is 40.5 Å². The van der Waals surface area contributed by atoms with E-state index < -0.39 is 0 Å². The average molecular weight is 260 g/mol. The van der Waals surface area contributed by atoms with E-state index in [0.717, 1.165) is 22.3 Å². The highest BCUT2D eigenvalue weighted by Gasteiger charge is 2.06. The highest BCUT2D eigenvalue weighted by atomic mass is 16.5. The van der Waals surface area contributed by atoms with E-state index in [-0.39, 0.29) is 11.8 Å². The molecule has 0 N–H and O–H groups in total. The molecule has 0 bridgehead atoms. The molecule has 3 nitrogen and oxygen atoms in total. The maximum atomic E-state index is 11.1. The van der Waals surface area contributed by atoms with Crippen LogP contribution in [-0.2, 0) is 20.7 Å². The molecule has 1 aromatic rings. The highest BCUT2D eigenvalue weighted by Crippen LogP contribution is 2.19. The van der Waals surface area contributed by atoms with Crippen LogP contribution in [-0.4, -0.2) is 18.9 Å². The van der Waals surface area contributed by atoms with E-state index in [9.17, 15) is 9.59 Å². The largest absolute Gasteiger partial charge is 0.469 e. The summed E-state index contributed by atoms with van der Waals surface area (Å²) in [6.07, 6.45) is 4.48. The van der Waals surface area contributed by atoms with E-state index in [0.29, 0.717) is 12.8 Å². The van der Waals surface area contributed by atoms with Gasteiger partial charge in [-0.3, -0.25) is 9.59 Å². The number of methoxy groups -OCH3 is 1. The summed E-state index contributed by atoms with van der Waals surface area (Å²) < 4.78 is 4.63. The normalized spacial score (nSPS) is 10.7. The number of ether oxygens (including phenoxy) is 1. The Kier molecular flexibility index (Phi) is 5.49. The Morgan fingerprint density at radius 1 is 1.21 bits per heavy atom. The van der Waals surface area contributed by atoms with Gasteiger partial charge in [-0.1, -0.05) is 18.2 Å². The molecule has 0 saturated carbocycles. The molecule has 102 valence electrons. The van der Waals surface area contributed by atoms with Gasteiger partial charge in [0.1, 0.15) is 0 Å². The Morgan fingerprint density at radius 2 is 1.79 bits per heavy atom. The number of benzene rings is 1. The average Bonchev–Trinajstić information content (AvgIpc) is 2.34. The van der Waals surface area contributed by atoms with Crippen LogP contribution in [0, 0.1) is 13.8 Å². The summed E-state index contributed by atoms with van der Waals surface area (Å²) in [5.41, 5.74) is 4.40. The van der Waals surface area contributed by atoms with E-state index in [1.54, 1.807) is 6.08 Å². The van der Waals surface area contributed by atoms with Crippen molar-refractivity contribution < 1.29 is 14.3 Å². The number of aryl methyl sites for hydroxylation is 3. The number of hydrogen-bond acceptors (Lipinski definition) is 3. The summed E-state index contributed by atoms with van der Waals surface area (Å²) in [7, 11) is 1.40. The second-order valence-electron chi connectivity index (χ2n) is 4.66. The van der Waals surface area contributed by atoms with E-state index in [4.69, 9.17) is 0 Å². The van der Waals surface area contributed by atoms with Crippen molar-refractivity contribution in [2.45, 2.75) is 33.6 Å². The molecular weight excluding hydrogens is 240 g/mol. The van der Waals surface area contributed by atoms with Crippen LogP contribution >= 0.6 is 0 Å². The van der Waals surface area contributed by atoms with E-state index in [1.165, 1.54) is 14.0 Å². The Labute approximate surface area is 114 Å². The third-order valence-electron chi connectivity index (χ3n) is 2.98.